The van der Waals surface area contributed by atoms with Crippen molar-refractivity contribution in [2.45, 2.75) is 61.4 Å². The van der Waals surface area contributed by atoms with Gasteiger partial charge in [0, 0.05) is 12.1 Å². The zero-order chi connectivity index (χ0) is 30.3. The molecule has 2 fully saturated rings. The summed E-state index contributed by atoms with van der Waals surface area (Å²) in [5.41, 5.74) is 0.368. The molecule has 0 aliphatic carbocycles. The molecule has 15 nitrogen and oxygen atoms in total. The van der Waals surface area contributed by atoms with Crippen LogP contribution in [0.25, 0.3) is 22.3 Å². The number of aliphatic hydroxyl groups excluding tert-OH is 8. The van der Waals surface area contributed by atoms with E-state index in [2.05, 4.69) is 0 Å². The van der Waals surface area contributed by atoms with Crippen LogP contribution >= 0.6 is 0 Å². The molecular formula is C27H31ClO15. The highest BCUT2D eigenvalue weighted by molar-refractivity contribution is 5.88. The number of hydrogen-bond acceptors (Lipinski definition) is 14. The minimum Gasteiger partial charge on any atom is -1.00 e. The summed E-state index contributed by atoms with van der Waals surface area (Å²) in [4.78, 5) is 0. The van der Waals surface area contributed by atoms with Crippen LogP contribution in [-0.2, 0) is 9.47 Å². The maximum absolute atomic E-state index is 10.6. The Hall–Kier alpha value is -3.06. The predicted octanol–water partition coefficient (Wildman–Crippen LogP) is -4.85. The Bertz CT molecular complexity index is 1390. The Morgan fingerprint density at radius 3 is 1.65 bits per heavy atom. The molecule has 2 aliphatic heterocycles. The summed E-state index contributed by atoms with van der Waals surface area (Å²) in [5, 5.41) is 101. The normalized spacial score (nSPS) is 32.7. The lowest BCUT2D eigenvalue weighted by Crippen LogP contribution is -3.00. The molecular weight excluding hydrogens is 600 g/mol. The van der Waals surface area contributed by atoms with E-state index in [1.54, 1.807) is 0 Å². The first-order valence-electron chi connectivity index (χ1n) is 12.9. The van der Waals surface area contributed by atoms with Crippen molar-refractivity contribution in [3.63, 3.8) is 0 Å². The molecule has 0 amide bonds. The molecule has 3 heterocycles. The second-order valence-electron chi connectivity index (χ2n) is 9.97. The van der Waals surface area contributed by atoms with Crippen LogP contribution in [0, 0.1) is 0 Å². The van der Waals surface area contributed by atoms with E-state index in [1.807, 2.05) is 0 Å². The molecule has 236 valence electrons. The fraction of sp³-hybridized carbons (Fsp3) is 0.444. The number of aromatic hydroxyl groups is 2. The SMILES string of the molecule is OC[C@H]1O[C@@H](Oc2cc3c(O[C@@H]4O[C@H](CO)[C@@H](O)[C@H](O)[C@H]4O)cc(O)cc3[o+]c2-c2ccc(O)cc2)[C@H](O)[C@@H](O)[C@@H]1O.[Cl-]. The molecule has 0 spiro atoms. The van der Waals surface area contributed by atoms with E-state index < -0.39 is 74.6 Å². The molecule has 2 saturated heterocycles. The molecule has 2 aromatic carbocycles. The first-order chi connectivity index (χ1) is 20.0. The van der Waals surface area contributed by atoms with Crippen molar-refractivity contribution in [3.8, 4) is 34.3 Å². The number of benzene rings is 2. The van der Waals surface area contributed by atoms with Gasteiger partial charge in [-0.05, 0) is 24.3 Å². The molecule has 0 bridgehead atoms. The highest BCUT2D eigenvalue weighted by atomic mass is 35.5. The zero-order valence-electron chi connectivity index (χ0n) is 22.1. The van der Waals surface area contributed by atoms with Crippen molar-refractivity contribution in [1.29, 1.82) is 0 Å². The topological polar surface area (TPSA) is 251 Å². The average Bonchev–Trinajstić information content (AvgIpc) is 2.98. The Kier molecular flexibility index (Phi) is 10.2. The van der Waals surface area contributed by atoms with Crippen LogP contribution in [0.4, 0.5) is 0 Å². The quantitative estimate of drug-likeness (QED) is 0.110. The summed E-state index contributed by atoms with van der Waals surface area (Å²) < 4.78 is 28.6. The summed E-state index contributed by atoms with van der Waals surface area (Å²) in [6, 6.07) is 9.41. The monoisotopic (exact) mass is 630 g/mol. The minimum absolute atomic E-state index is 0. The van der Waals surface area contributed by atoms with Crippen LogP contribution in [0.2, 0.25) is 0 Å². The van der Waals surface area contributed by atoms with Crippen molar-refractivity contribution in [2.24, 2.45) is 0 Å². The number of phenolic OH excluding ortho intramolecular Hbond substituents is 2. The summed E-state index contributed by atoms with van der Waals surface area (Å²) in [6.07, 6.45) is -16.0. The van der Waals surface area contributed by atoms with Gasteiger partial charge in [0.05, 0.1) is 24.8 Å². The van der Waals surface area contributed by atoms with Crippen LogP contribution in [0.3, 0.4) is 0 Å². The van der Waals surface area contributed by atoms with E-state index in [0.29, 0.717) is 5.56 Å². The van der Waals surface area contributed by atoms with Gasteiger partial charge in [-0.3, -0.25) is 0 Å². The average molecular weight is 631 g/mol. The third-order valence-corrected chi connectivity index (χ3v) is 7.11. The molecule has 5 rings (SSSR count). The van der Waals surface area contributed by atoms with Gasteiger partial charge in [-0.2, -0.15) is 0 Å². The summed E-state index contributed by atoms with van der Waals surface area (Å²) in [7, 11) is 0. The predicted molar refractivity (Wildman–Crippen MR) is 138 cm³/mol. The van der Waals surface area contributed by atoms with Crippen LogP contribution in [-0.4, -0.2) is 126 Å². The third kappa shape index (κ3) is 6.43. The molecule has 10 N–H and O–H groups in total. The van der Waals surface area contributed by atoms with Gasteiger partial charge < -0.3 is 82.4 Å². The number of halogens is 1. The van der Waals surface area contributed by atoms with E-state index >= 15 is 0 Å². The molecule has 1 aromatic heterocycles. The number of rotatable bonds is 7. The summed E-state index contributed by atoms with van der Waals surface area (Å²) in [5.74, 6) is -0.673. The Morgan fingerprint density at radius 2 is 1.14 bits per heavy atom. The van der Waals surface area contributed by atoms with Gasteiger partial charge in [0.2, 0.25) is 18.3 Å². The van der Waals surface area contributed by atoms with Gasteiger partial charge in [-0.25, -0.2) is 4.42 Å². The second kappa shape index (κ2) is 13.3. The molecule has 0 unspecified atom stereocenters. The minimum atomic E-state index is -1.77. The molecule has 10 atom stereocenters. The van der Waals surface area contributed by atoms with Crippen LogP contribution in [0.5, 0.6) is 23.0 Å². The van der Waals surface area contributed by atoms with Crippen molar-refractivity contribution < 1.29 is 86.8 Å². The standard InChI is InChI=1S/C27H30O15.ClH/c28-8-17-19(32)21(34)23(36)26(41-17)39-15-6-12(31)5-14-13(15)7-16(25(38-14)10-1-3-11(30)4-2-10)40-27-24(37)22(35)20(33)18(9-29)42-27;/h1-7,17-24,26-29,32-37H,8-9H2,(H-,30,31);1H/t17-,18-,19-,20-,21+,22+,23-,24-,26-,27-;/m1./s1. The van der Waals surface area contributed by atoms with E-state index in [4.69, 9.17) is 23.4 Å². The van der Waals surface area contributed by atoms with E-state index in [-0.39, 0.29) is 52.1 Å². The number of fused-ring (bicyclic) bond motifs is 1. The maximum atomic E-state index is 10.6. The lowest BCUT2D eigenvalue weighted by atomic mass is 9.99. The molecule has 0 radical (unpaired) electrons. The molecule has 2 aliphatic rings. The van der Waals surface area contributed by atoms with Gasteiger partial charge >= 0.3 is 11.3 Å². The van der Waals surface area contributed by atoms with Crippen LogP contribution in [0.1, 0.15) is 0 Å². The highest BCUT2D eigenvalue weighted by Crippen LogP contribution is 2.42. The number of ether oxygens (including phenoxy) is 4. The fourth-order valence-electron chi connectivity index (χ4n) is 4.75. The summed E-state index contributed by atoms with van der Waals surface area (Å²) >= 11 is 0. The Labute approximate surface area is 249 Å². The smallest absolute Gasteiger partial charge is 0.402 e. The fourth-order valence-corrected chi connectivity index (χ4v) is 4.75. The van der Waals surface area contributed by atoms with Crippen molar-refractivity contribution in [1.82, 2.24) is 0 Å². The highest BCUT2D eigenvalue weighted by Gasteiger charge is 2.47. The number of hydrogen-bond donors (Lipinski definition) is 10. The Balaban J connectivity index is 0.00000423. The van der Waals surface area contributed by atoms with Gasteiger partial charge in [0.1, 0.15) is 71.5 Å². The number of aliphatic hydroxyl groups is 8. The summed E-state index contributed by atoms with van der Waals surface area (Å²) in [6.45, 7) is -1.40. The molecule has 3 aromatic rings. The molecule has 43 heavy (non-hydrogen) atoms. The second-order valence-corrected chi connectivity index (χ2v) is 9.97. The van der Waals surface area contributed by atoms with E-state index in [0.717, 1.165) is 6.07 Å². The molecule has 16 heteroatoms. The Morgan fingerprint density at radius 1 is 0.628 bits per heavy atom. The first-order valence-corrected chi connectivity index (χ1v) is 12.9. The van der Waals surface area contributed by atoms with Crippen LogP contribution in [0.15, 0.2) is 46.9 Å². The largest absolute Gasteiger partial charge is 1.00 e. The van der Waals surface area contributed by atoms with E-state index in [9.17, 15) is 51.1 Å². The van der Waals surface area contributed by atoms with Crippen molar-refractivity contribution >= 4 is 11.0 Å². The van der Waals surface area contributed by atoms with Gasteiger partial charge in [-0.1, -0.05) is 0 Å². The zero-order valence-corrected chi connectivity index (χ0v) is 22.9. The lowest BCUT2D eigenvalue weighted by molar-refractivity contribution is -0.277. The van der Waals surface area contributed by atoms with Crippen LogP contribution < -0.4 is 21.9 Å². The van der Waals surface area contributed by atoms with Gasteiger partial charge in [0.15, 0.2) is 0 Å². The van der Waals surface area contributed by atoms with Crippen molar-refractivity contribution in [3.05, 3.63) is 42.5 Å². The number of phenols is 2. The maximum Gasteiger partial charge on any atom is 0.402 e. The van der Waals surface area contributed by atoms with E-state index in [1.165, 1.54) is 36.4 Å². The lowest BCUT2D eigenvalue weighted by Gasteiger charge is -2.39. The van der Waals surface area contributed by atoms with Gasteiger partial charge in [-0.15, -0.1) is 0 Å². The third-order valence-electron chi connectivity index (χ3n) is 7.11. The van der Waals surface area contributed by atoms with Gasteiger partial charge in [0.25, 0.3) is 0 Å². The van der Waals surface area contributed by atoms with Crippen molar-refractivity contribution in [2.75, 3.05) is 13.2 Å². The first kappa shape index (κ1) is 32.8. The molecule has 0 saturated carbocycles.